The smallest absolute Gasteiger partial charge is 0.311 e. The number of hydrogen-bond acceptors (Lipinski definition) is 5. The summed E-state index contributed by atoms with van der Waals surface area (Å²) in [5.74, 6) is 0.220. The van der Waals surface area contributed by atoms with Crippen LogP contribution in [0, 0.1) is 10.1 Å². The first kappa shape index (κ1) is 16.4. The van der Waals surface area contributed by atoms with Crippen LogP contribution in [0.4, 0.5) is 5.69 Å². The van der Waals surface area contributed by atoms with Crippen molar-refractivity contribution in [2.24, 2.45) is 0 Å². The Labute approximate surface area is 117 Å². The summed E-state index contributed by atoms with van der Waals surface area (Å²) in [6.45, 7) is 1.43. The van der Waals surface area contributed by atoms with Crippen LogP contribution in [-0.4, -0.2) is 60.1 Å². The monoisotopic (exact) mass is 285 g/mol. The van der Waals surface area contributed by atoms with Gasteiger partial charge in [0, 0.05) is 11.6 Å². The van der Waals surface area contributed by atoms with Crippen molar-refractivity contribution in [3.8, 4) is 5.75 Å². The fourth-order valence-electron chi connectivity index (χ4n) is 2.17. The van der Waals surface area contributed by atoms with E-state index >= 15 is 0 Å². The van der Waals surface area contributed by atoms with Crippen molar-refractivity contribution < 1.29 is 24.4 Å². The average Bonchev–Trinajstić information content (AvgIpc) is 2.38. The number of nitrogens with zero attached hydrogens (tertiary/aromatic N) is 2. The van der Waals surface area contributed by atoms with E-state index in [9.17, 15) is 10.1 Å². The molecule has 112 valence electrons. The van der Waals surface area contributed by atoms with E-state index in [1.165, 1.54) is 13.2 Å². The van der Waals surface area contributed by atoms with Gasteiger partial charge in [-0.2, -0.15) is 0 Å². The summed E-state index contributed by atoms with van der Waals surface area (Å²) >= 11 is 0. The molecule has 0 bridgehead atoms. The molecule has 0 radical (unpaired) electrons. The molecular formula is C13H21N2O5+. The Morgan fingerprint density at radius 2 is 1.90 bits per heavy atom. The van der Waals surface area contributed by atoms with Crippen molar-refractivity contribution in [3.63, 3.8) is 0 Å². The van der Waals surface area contributed by atoms with Gasteiger partial charge in [-0.05, 0) is 12.1 Å². The van der Waals surface area contributed by atoms with Crippen molar-refractivity contribution in [1.82, 2.24) is 0 Å². The van der Waals surface area contributed by atoms with Crippen LogP contribution in [0.15, 0.2) is 18.2 Å². The molecule has 0 atom stereocenters. The summed E-state index contributed by atoms with van der Waals surface area (Å²) in [6, 6.07) is 4.80. The average molecular weight is 285 g/mol. The van der Waals surface area contributed by atoms with Crippen LogP contribution in [0.2, 0.25) is 0 Å². The second kappa shape index (κ2) is 7.18. The van der Waals surface area contributed by atoms with E-state index in [1.54, 1.807) is 12.1 Å². The molecule has 1 aromatic rings. The second-order valence-corrected chi connectivity index (χ2v) is 4.94. The molecule has 0 heterocycles. The maximum atomic E-state index is 11.0. The standard InChI is InChI=1S/C13H21N2O5/c1-15(5-7-16,6-8-17)10-11-3-4-13(20-2)12(9-11)14(18)19/h3-4,9,16-17H,5-8,10H2,1-2H3/q+1. The highest BCUT2D eigenvalue weighted by molar-refractivity contribution is 5.48. The zero-order valence-electron chi connectivity index (χ0n) is 11.8. The highest BCUT2D eigenvalue weighted by atomic mass is 16.6. The molecule has 7 heteroatoms. The number of methoxy groups -OCH3 is 1. The first-order valence-corrected chi connectivity index (χ1v) is 6.32. The van der Waals surface area contributed by atoms with Gasteiger partial charge in [0.25, 0.3) is 0 Å². The van der Waals surface area contributed by atoms with Crippen LogP contribution in [0.25, 0.3) is 0 Å². The van der Waals surface area contributed by atoms with E-state index in [0.717, 1.165) is 5.56 Å². The lowest BCUT2D eigenvalue weighted by molar-refractivity contribution is -0.923. The Kier molecular flexibility index (Phi) is 5.87. The molecule has 20 heavy (non-hydrogen) atoms. The van der Waals surface area contributed by atoms with E-state index in [-0.39, 0.29) is 24.7 Å². The lowest BCUT2D eigenvalue weighted by Gasteiger charge is -2.33. The number of aliphatic hydroxyl groups is 2. The Morgan fingerprint density at radius 3 is 2.35 bits per heavy atom. The molecule has 0 aromatic heterocycles. The Morgan fingerprint density at radius 1 is 1.30 bits per heavy atom. The highest BCUT2D eigenvalue weighted by Gasteiger charge is 2.23. The van der Waals surface area contributed by atoms with Gasteiger partial charge in [0.2, 0.25) is 0 Å². The number of likely N-dealkylation sites (N-methyl/N-ethyl adjacent to an activating group) is 1. The zero-order chi connectivity index (χ0) is 15.2. The third kappa shape index (κ3) is 4.16. The van der Waals surface area contributed by atoms with Crippen molar-refractivity contribution in [3.05, 3.63) is 33.9 Å². The number of benzene rings is 1. The lowest BCUT2D eigenvalue weighted by atomic mass is 10.1. The number of hydrogen-bond donors (Lipinski definition) is 2. The minimum atomic E-state index is -0.481. The number of aliphatic hydroxyl groups excluding tert-OH is 2. The summed E-state index contributed by atoms with van der Waals surface area (Å²) < 4.78 is 5.37. The first-order chi connectivity index (χ1) is 9.45. The Hall–Kier alpha value is -1.70. The summed E-state index contributed by atoms with van der Waals surface area (Å²) in [5, 5.41) is 29.2. The van der Waals surface area contributed by atoms with Crippen molar-refractivity contribution in [1.29, 1.82) is 0 Å². The maximum absolute atomic E-state index is 11.0. The zero-order valence-corrected chi connectivity index (χ0v) is 11.8. The molecule has 0 unspecified atom stereocenters. The molecule has 0 aliphatic heterocycles. The summed E-state index contributed by atoms with van der Waals surface area (Å²) in [7, 11) is 3.28. The molecule has 0 spiro atoms. The fourth-order valence-corrected chi connectivity index (χ4v) is 2.17. The minimum Gasteiger partial charge on any atom is -0.490 e. The number of rotatable bonds is 8. The number of nitro benzene ring substituents is 1. The van der Waals surface area contributed by atoms with Gasteiger partial charge in [-0.1, -0.05) is 0 Å². The topological polar surface area (TPSA) is 92.8 Å². The molecule has 0 amide bonds. The number of quaternary nitrogens is 1. The summed E-state index contributed by atoms with van der Waals surface area (Å²) in [5.41, 5.74) is 0.687. The van der Waals surface area contributed by atoms with Crippen LogP contribution in [-0.2, 0) is 6.54 Å². The largest absolute Gasteiger partial charge is 0.490 e. The molecule has 1 rings (SSSR count). The van der Waals surface area contributed by atoms with Gasteiger partial charge in [-0.25, -0.2) is 0 Å². The molecule has 7 nitrogen and oxygen atoms in total. The SMILES string of the molecule is COc1ccc(C[N+](C)(CCO)CCO)cc1[N+](=O)[O-]. The van der Waals surface area contributed by atoms with Crippen LogP contribution in [0.1, 0.15) is 5.56 Å². The fraction of sp³-hybridized carbons (Fsp3) is 0.538. The van der Waals surface area contributed by atoms with Gasteiger partial charge >= 0.3 is 5.69 Å². The van der Waals surface area contributed by atoms with Crippen LogP contribution in [0.3, 0.4) is 0 Å². The van der Waals surface area contributed by atoms with Gasteiger partial charge in [0.1, 0.15) is 19.6 Å². The number of nitro groups is 1. The quantitative estimate of drug-likeness (QED) is 0.413. The molecule has 0 fully saturated rings. The summed E-state index contributed by atoms with van der Waals surface area (Å²) in [6.07, 6.45) is 0. The second-order valence-electron chi connectivity index (χ2n) is 4.94. The van der Waals surface area contributed by atoms with E-state index in [4.69, 9.17) is 14.9 Å². The molecule has 2 N–H and O–H groups in total. The van der Waals surface area contributed by atoms with Gasteiger partial charge in [-0.3, -0.25) is 10.1 Å². The van der Waals surface area contributed by atoms with Gasteiger partial charge in [0.05, 0.1) is 32.3 Å². The molecule has 0 aliphatic carbocycles. The molecule has 0 saturated carbocycles. The normalized spacial score (nSPS) is 11.4. The predicted molar refractivity (Wildman–Crippen MR) is 73.4 cm³/mol. The maximum Gasteiger partial charge on any atom is 0.311 e. The number of ether oxygens (including phenoxy) is 1. The van der Waals surface area contributed by atoms with Crippen LogP contribution >= 0.6 is 0 Å². The van der Waals surface area contributed by atoms with Gasteiger partial charge in [0.15, 0.2) is 5.75 Å². The summed E-state index contributed by atoms with van der Waals surface area (Å²) in [4.78, 5) is 10.5. The molecule has 0 aliphatic rings. The van der Waals surface area contributed by atoms with Crippen LogP contribution in [0.5, 0.6) is 5.75 Å². The van der Waals surface area contributed by atoms with E-state index in [0.29, 0.717) is 24.1 Å². The minimum absolute atomic E-state index is 0.00521. The predicted octanol–water partition coefficient (Wildman–Crippen LogP) is 0.535. The van der Waals surface area contributed by atoms with Crippen molar-refractivity contribution in [2.45, 2.75) is 6.54 Å². The van der Waals surface area contributed by atoms with E-state index in [2.05, 4.69) is 0 Å². The molecule has 0 saturated heterocycles. The van der Waals surface area contributed by atoms with Crippen LogP contribution < -0.4 is 4.74 Å². The molecular weight excluding hydrogens is 264 g/mol. The lowest BCUT2D eigenvalue weighted by Crippen LogP contribution is -2.47. The van der Waals surface area contributed by atoms with E-state index < -0.39 is 4.92 Å². The van der Waals surface area contributed by atoms with E-state index in [1.807, 2.05) is 7.05 Å². The Balaban J connectivity index is 3.01. The van der Waals surface area contributed by atoms with Gasteiger partial charge < -0.3 is 19.4 Å². The van der Waals surface area contributed by atoms with Crippen molar-refractivity contribution >= 4 is 5.69 Å². The highest BCUT2D eigenvalue weighted by Crippen LogP contribution is 2.28. The Bertz CT molecular complexity index is 458. The van der Waals surface area contributed by atoms with Crippen molar-refractivity contribution in [2.75, 3.05) is 40.5 Å². The molecule has 1 aromatic carbocycles. The van der Waals surface area contributed by atoms with Gasteiger partial charge in [-0.15, -0.1) is 0 Å². The first-order valence-electron chi connectivity index (χ1n) is 6.32. The third-order valence-corrected chi connectivity index (χ3v) is 3.28. The third-order valence-electron chi connectivity index (χ3n) is 3.28.